The average molecular weight is 379 g/mol. The molecule has 0 saturated heterocycles. The topological polar surface area (TPSA) is 12.9 Å². The monoisotopic (exact) mass is 379 g/mol. The number of nitrogens with zero attached hydrogens (tertiary/aromatic N) is 1. The van der Waals surface area contributed by atoms with Crippen LogP contribution in [0.15, 0.2) is 60.8 Å². The lowest BCUT2D eigenvalue weighted by molar-refractivity contribution is -0.153. The number of fused-ring (bicyclic) bond motifs is 1. The Morgan fingerprint density at radius 2 is 1.73 bits per heavy atom. The molecule has 0 spiro atoms. The van der Waals surface area contributed by atoms with E-state index in [2.05, 4.69) is 18.1 Å². The zero-order valence-corrected chi connectivity index (χ0v) is 14.8. The molecule has 2 heterocycles. The van der Waals surface area contributed by atoms with Gasteiger partial charge in [-0.3, -0.25) is 4.98 Å². The third-order valence-corrected chi connectivity index (χ3v) is 5.52. The summed E-state index contributed by atoms with van der Waals surface area (Å²) in [5.74, 6) is -4.06. The van der Waals surface area contributed by atoms with Crippen LogP contribution in [-0.2, 0) is 6.42 Å². The summed E-state index contributed by atoms with van der Waals surface area (Å²) in [6.07, 6.45) is 3.67. The van der Waals surface area contributed by atoms with E-state index < -0.39 is 17.6 Å². The minimum Gasteiger partial charge on any atom is -0.264 e. The SMILES string of the molecule is C=C(CCC(=C)c1ccc2c(c1)CC(F)(F)C(F)(F)S2)c1cccnc1. The zero-order valence-electron chi connectivity index (χ0n) is 13.9. The van der Waals surface area contributed by atoms with Crippen LogP contribution in [0.1, 0.15) is 29.5 Å². The van der Waals surface area contributed by atoms with Gasteiger partial charge < -0.3 is 0 Å². The first-order valence-electron chi connectivity index (χ1n) is 8.03. The van der Waals surface area contributed by atoms with Gasteiger partial charge in [0.05, 0.1) is 0 Å². The molecule has 0 saturated carbocycles. The Labute approximate surface area is 153 Å². The molecule has 3 rings (SSSR count). The maximum Gasteiger partial charge on any atom is 0.360 e. The lowest BCUT2D eigenvalue weighted by Crippen LogP contribution is -2.42. The lowest BCUT2D eigenvalue weighted by Gasteiger charge is -2.31. The van der Waals surface area contributed by atoms with Crippen molar-refractivity contribution >= 4 is 22.9 Å². The Morgan fingerprint density at radius 3 is 2.38 bits per heavy atom. The van der Waals surface area contributed by atoms with Crippen LogP contribution in [0.5, 0.6) is 0 Å². The summed E-state index contributed by atoms with van der Waals surface area (Å²) in [6, 6.07) is 8.41. The van der Waals surface area contributed by atoms with Gasteiger partial charge in [-0.05, 0) is 64.6 Å². The van der Waals surface area contributed by atoms with Gasteiger partial charge in [-0.1, -0.05) is 31.4 Å². The molecule has 0 fully saturated rings. The summed E-state index contributed by atoms with van der Waals surface area (Å²) < 4.78 is 54.2. The molecule has 2 aromatic rings. The number of hydrogen-bond donors (Lipinski definition) is 0. The highest BCUT2D eigenvalue weighted by atomic mass is 32.2. The number of pyridine rings is 1. The van der Waals surface area contributed by atoms with Crippen molar-refractivity contribution in [2.24, 2.45) is 0 Å². The molecule has 0 atom stereocenters. The van der Waals surface area contributed by atoms with Crippen molar-refractivity contribution in [2.45, 2.75) is 35.3 Å². The van der Waals surface area contributed by atoms with Gasteiger partial charge in [-0.25, -0.2) is 0 Å². The molecular formula is C20H17F4NS. The third kappa shape index (κ3) is 3.70. The fourth-order valence-corrected chi connectivity index (χ4v) is 3.65. The van der Waals surface area contributed by atoms with E-state index >= 15 is 0 Å². The largest absolute Gasteiger partial charge is 0.360 e. The van der Waals surface area contributed by atoms with Crippen LogP contribution in [0, 0.1) is 0 Å². The maximum absolute atomic E-state index is 13.6. The van der Waals surface area contributed by atoms with Crippen molar-refractivity contribution in [1.29, 1.82) is 0 Å². The minimum absolute atomic E-state index is 0.0770. The number of alkyl halides is 4. The molecule has 0 aliphatic carbocycles. The molecule has 0 N–H and O–H groups in total. The van der Waals surface area contributed by atoms with Crippen LogP contribution in [0.25, 0.3) is 11.1 Å². The van der Waals surface area contributed by atoms with Gasteiger partial charge in [0.15, 0.2) is 0 Å². The molecule has 1 aromatic heterocycles. The van der Waals surface area contributed by atoms with Crippen molar-refractivity contribution in [1.82, 2.24) is 4.98 Å². The molecule has 1 nitrogen and oxygen atoms in total. The molecule has 26 heavy (non-hydrogen) atoms. The number of benzene rings is 1. The first-order valence-corrected chi connectivity index (χ1v) is 8.85. The standard InChI is InChI=1S/C20H17F4NS/c1-13(5-6-14(2)16-4-3-9-25-12-16)15-7-8-18-17(10-15)11-19(21,22)20(23,24)26-18/h3-4,7-10,12H,1-2,5-6,11H2. The van der Waals surface area contributed by atoms with Crippen LogP contribution in [0.3, 0.4) is 0 Å². The summed E-state index contributed by atoms with van der Waals surface area (Å²) >= 11 is -0.0770. The van der Waals surface area contributed by atoms with Gasteiger partial charge in [-0.2, -0.15) is 17.6 Å². The highest BCUT2D eigenvalue weighted by molar-refractivity contribution is 8.00. The minimum atomic E-state index is -4.08. The maximum atomic E-state index is 13.6. The quantitative estimate of drug-likeness (QED) is 0.553. The molecule has 1 aromatic carbocycles. The van der Waals surface area contributed by atoms with E-state index in [0.717, 1.165) is 16.7 Å². The van der Waals surface area contributed by atoms with Crippen molar-refractivity contribution in [2.75, 3.05) is 0 Å². The van der Waals surface area contributed by atoms with Crippen molar-refractivity contribution in [3.63, 3.8) is 0 Å². The summed E-state index contributed by atoms with van der Waals surface area (Å²) in [7, 11) is 0. The zero-order chi connectivity index (χ0) is 18.9. The molecule has 0 radical (unpaired) electrons. The Hall–Kier alpha value is -2.08. The number of hydrogen-bond acceptors (Lipinski definition) is 2. The van der Waals surface area contributed by atoms with Crippen LogP contribution in [0.4, 0.5) is 17.6 Å². The van der Waals surface area contributed by atoms with Crippen LogP contribution < -0.4 is 0 Å². The molecule has 136 valence electrons. The average Bonchev–Trinajstić information content (AvgIpc) is 2.60. The van der Waals surface area contributed by atoms with E-state index in [4.69, 9.17) is 0 Å². The van der Waals surface area contributed by atoms with Gasteiger partial charge >= 0.3 is 11.2 Å². The molecule has 6 heteroatoms. The predicted octanol–water partition coefficient (Wildman–Crippen LogP) is 6.46. The highest BCUT2D eigenvalue weighted by Gasteiger charge is 2.59. The summed E-state index contributed by atoms with van der Waals surface area (Å²) in [5.41, 5.74) is 3.51. The smallest absolute Gasteiger partial charge is 0.264 e. The van der Waals surface area contributed by atoms with Crippen LogP contribution in [0.2, 0.25) is 0 Å². The Bertz CT molecular complexity index is 846. The number of allylic oxidation sites excluding steroid dienone is 2. The van der Waals surface area contributed by atoms with E-state index in [1.165, 1.54) is 6.07 Å². The summed E-state index contributed by atoms with van der Waals surface area (Å²) in [4.78, 5) is 4.24. The normalized spacial score (nSPS) is 17.4. The van der Waals surface area contributed by atoms with Gasteiger partial charge in [0.2, 0.25) is 0 Å². The van der Waals surface area contributed by atoms with Crippen molar-refractivity contribution < 1.29 is 17.6 Å². The number of rotatable bonds is 5. The van der Waals surface area contributed by atoms with Crippen molar-refractivity contribution in [3.05, 3.63) is 72.6 Å². The van der Waals surface area contributed by atoms with Gasteiger partial charge in [0, 0.05) is 23.7 Å². The second-order valence-electron chi connectivity index (χ2n) is 6.27. The van der Waals surface area contributed by atoms with Crippen LogP contribution in [-0.4, -0.2) is 16.2 Å². The van der Waals surface area contributed by atoms with Crippen LogP contribution >= 0.6 is 11.8 Å². The Balaban J connectivity index is 1.71. The van der Waals surface area contributed by atoms with Gasteiger partial charge in [0.1, 0.15) is 0 Å². The predicted molar refractivity (Wildman–Crippen MR) is 97.4 cm³/mol. The van der Waals surface area contributed by atoms with Crippen molar-refractivity contribution in [3.8, 4) is 0 Å². The fraction of sp³-hybridized carbons (Fsp3) is 0.250. The number of thioether (sulfide) groups is 1. The highest BCUT2D eigenvalue weighted by Crippen LogP contribution is 2.53. The first kappa shape index (κ1) is 18.7. The number of halogens is 4. The van der Waals surface area contributed by atoms with E-state index in [1.807, 2.05) is 12.1 Å². The second kappa shape index (κ2) is 6.91. The molecule has 0 unspecified atom stereocenters. The third-order valence-electron chi connectivity index (χ3n) is 4.34. The fourth-order valence-electron chi connectivity index (χ4n) is 2.75. The second-order valence-corrected chi connectivity index (χ2v) is 7.43. The van der Waals surface area contributed by atoms with E-state index in [-0.39, 0.29) is 22.2 Å². The molecular weight excluding hydrogens is 362 g/mol. The van der Waals surface area contributed by atoms with E-state index in [9.17, 15) is 17.6 Å². The van der Waals surface area contributed by atoms with E-state index in [1.54, 1.807) is 24.5 Å². The Kier molecular flexibility index (Phi) is 4.97. The summed E-state index contributed by atoms with van der Waals surface area (Å²) in [5, 5.41) is -4.08. The van der Waals surface area contributed by atoms with Gasteiger partial charge in [-0.15, -0.1) is 0 Å². The number of aromatic nitrogens is 1. The molecule has 0 amide bonds. The molecule has 1 aliphatic heterocycles. The van der Waals surface area contributed by atoms with E-state index in [0.29, 0.717) is 18.4 Å². The Morgan fingerprint density at radius 1 is 1.04 bits per heavy atom. The van der Waals surface area contributed by atoms with Gasteiger partial charge in [0.25, 0.3) is 0 Å². The molecule has 0 bridgehead atoms. The first-order chi connectivity index (χ1) is 12.2. The summed E-state index contributed by atoms with van der Waals surface area (Å²) in [6.45, 7) is 8.03. The molecule has 1 aliphatic rings. The lowest BCUT2D eigenvalue weighted by atomic mass is 9.95.